The van der Waals surface area contributed by atoms with Crippen LogP contribution in [0.3, 0.4) is 0 Å². The van der Waals surface area contributed by atoms with E-state index in [4.69, 9.17) is 11.6 Å². The van der Waals surface area contributed by atoms with Crippen LogP contribution in [0.1, 0.15) is 37.7 Å². The maximum Gasteiger partial charge on any atom is 0.229 e. The summed E-state index contributed by atoms with van der Waals surface area (Å²) in [6.07, 6.45) is 8.47. The van der Waals surface area contributed by atoms with Crippen LogP contribution < -0.4 is 10.6 Å². The van der Waals surface area contributed by atoms with Crippen LogP contribution in [0.25, 0.3) is 0 Å². The van der Waals surface area contributed by atoms with Crippen LogP contribution in [0.2, 0.25) is 5.02 Å². The molecule has 5 heteroatoms. The van der Waals surface area contributed by atoms with Crippen molar-refractivity contribution in [3.63, 3.8) is 0 Å². The van der Waals surface area contributed by atoms with E-state index in [0.717, 1.165) is 11.3 Å². The minimum absolute atomic E-state index is 0.0854. The SMILES string of the molecule is O=C(Cc1ccc(Cl)cc1)Nc1ccc(NC2CCCCC2)cn1. The van der Waals surface area contributed by atoms with Gasteiger partial charge < -0.3 is 10.6 Å². The van der Waals surface area contributed by atoms with Crippen LogP contribution in [0.5, 0.6) is 0 Å². The lowest BCUT2D eigenvalue weighted by molar-refractivity contribution is -0.115. The Balaban J connectivity index is 1.51. The first kappa shape index (κ1) is 16.8. The molecule has 0 bridgehead atoms. The van der Waals surface area contributed by atoms with Crippen molar-refractivity contribution >= 4 is 29.0 Å². The smallest absolute Gasteiger partial charge is 0.229 e. The van der Waals surface area contributed by atoms with Crippen molar-refractivity contribution in [1.29, 1.82) is 0 Å². The molecule has 1 amide bonds. The molecule has 1 saturated carbocycles. The molecule has 1 aromatic heterocycles. The molecule has 24 heavy (non-hydrogen) atoms. The van der Waals surface area contributed by atoms with Gasteiger partial charge in [0.25, 0.3) is 0 Å². The summed E-state index contributed by atoms with van der Waals surface area (Å²) >= 11 is 5.85. The highest BCUT2D eigenvalue weighted by Crippen LogP contribution is 2.21. The fourth-order valence-corrected chi connectivity index (χ4v) is 3.14. The third kappa shape index (κ3) is 4.96. The van der Waals surface area contributed by atoms with E-state index >= 15 is 0 Å². The molecule has 1 aliphatic rings. The number of pyridine rings is 1. The summed E-state index contributed by atoms with van der Waals surface area (Å²) in [5.41, 5.74) is 1.94. The van der Waals surface area contributed by atoms with Gasteiger partial charge in [-0.15, -0.1) is 0 Å². The predicted molar refractivity (Wildman–Crippen MR) is 98.5 cm³/mol. The molecule has 0 unspecified atom stereocenters. The largest absolute Gasteiger partial charge is 0.381 e. The van der Waals surface area contributed by atoms with E-state index in [1.165, 1.54) is 32.1 Å². The maximum absolute atomic E-state index is 12.1. The second kappa shape index (κ2) is 8.15. The minimum atomic E-state index is -0.0854. The van der Waals surface area contributed by atoms with Gasteiger partial charge in [0.2, 0.25) is 5.91 Å². The number of benzene rings is 1. The molecule has 0 atom stereocenters. The van der Waals surface area contributed by atoms with Crippen molar-refractivity contribution in [3.8, 4) is 0 Å². The molecule has 1 fully saturated rings. The van der Waals surface area contributed by atoms with Gasteiger partial charge >= 0.3 is 0 Å². The highest BCUT2D eigenvalue weighted by molar-refractivity contribution is 6.30. The topological polar surface area (TPSA) is 54.0 Å². The molecule has 0 spiro atoms. The summed E-state index contributed by atoms with van der Waals surface area (Å²) in [5.74, 6) is 0.487. The van der Waals surface area contributed by atoms with Gasteiger partial charge in [0, 0.05) is 11.1 Å². The van der Waals surface area contributed by atoms with E-state index in [1.807, 2.05) is 24.3 Å². The molecule has 2 aromatic rings. The number of rotatable bonds is 5. The summed E-state index contributed by atoms with van der Waals surface area (Å²) in [6.45, 7) is 0. The normalized spacial score (nSPS) is 15.0. The molecule has 0 saturated heterocycles. The maximum atomic E-state index is 12.1. The zero-order valence-corrected chi connectivity index (χ0v) is 14.4. The van der Waals surface area contributed by atoms with Gasteiger partial charge in [-0.05, 0) is 42.7 Å². The van der Waals surface area contributed by atoms with Crippen LogP contribution in [-0.2, 0) is 11.2 Å². The number of nitrogens with one attached hydrogen (secondary N) is 2. The van der Waals surface area contributed by atoms with Crippen LogP contribution >= 0.6 is 11.6 Å². The standard InChI is InChI=1S/C19H22ClN3O/c20-15-8-6-14(7-9-15)12-19(24)23-18-11-10-17(13-21-18)22-16-4-2-1-3-5-16/h6-11,13,16,22H,1-5,12H2,(H,21,23,24). The quantitative estimate of drug-likeness (QED) is 0.830. The summed E-state index contributed by atoms with van der Waals surface area (Å²) < 4.78 is 0. The third-order valence-electron chi connectivity index (χ3n) is 4.28. The van der Waals surface area contributed by atoms with E-state index in [0.29, 0.717) is 23.3 Å². The molecule has 0 radical (unpaired) electrons. The average molecular weight is 344 g/mol. The van der Waals surface area contributed by atoms with Crippen LogP contribution in [0, 0.1) is 0 Å². The molecule has 2 N–H and O–H groups in total. The Labute approximate surface area is 147 Å². The highest BCUT2D eigenvalue weighted by atomic mass is 35.5. The number of hydrogen-bond donors (Lipinski definition) is 2. The van der Waals surface area contributed by atoms with E-state index < -0.39 is 0 Å². The van der Waals surface area contributed by atoms with E-state index in [9.17, 15) is 4.79 Å². The molecular weight excluding hydrogens is 322 g/mol. The number of halogens is 1. The second-order valence-corrected chi connectivity index (χ2v) is 6.70. The first-order chi connectivity index (χ1) is 11.7. The number of amides is 1. The Kier molecular flexibility index (Phi) is 5.70. The van der Waals surface area contributed by atoms with E-state index in [2.05, 4.69) is 15.6 Å². The number of carbonyl (C=O) groups is 1. The Morgan fingerprint density at radius 1 is 1.08 bits per heavy atom. The fraction of sp³-hybridized carbons (Fsp3) is 0.368. The Morgan fingerprint density at radius 2 is 1.83 bits per heavy atom. The van der Waals surface area contributed by atoms with Crippen molar-refractivity contribution in [1.82, 2.24) is 4.98 Å². The summed E-state index contributed by atoms with van der Waals surface area (Å²) in [5, 5.41) is 7.01. The van der Waals surface area contributed by atoms with E-state index in [-0.39, 0.29) is 5.91 Å². The summed E-state index contributed by atoms with van der Waals surface area (Å²) in [4.78, 5) is 16.4. The van der Waals surface area contributed by atoms with Crippen molar-refractivity contribution in [2.24, 2.45) is 0 Å². The Bertz CT molecular complexity index is 664. The third-order valence-corrected chi connectivity index (χ3v) is 4.54. The minimum Gasteiger partial charge on any atom is -0.381 e. The predicted octanol–water partition coefficient (Wildman–Crippen LogP) is 4.66. The van der Waals surface area contributed by atoms with Gasteiger partial charge in [-0.3, -0.25) is 4.79 Å². The van der Waals surface area contributed by atoms with Gasteiger partial charge in [-0.1, -0.05) is 43.0 Å². The van der Waals surface area contributed by atoms with Gasteiger partial charge in [-0.25, -0.2) is 4.98 Å². The molecule has 3 rings (SSSR count). The monoisotopic (exact) mass is 343 g/mol. The lowest BCUT2D eigenvalue weighted by atomic mass is 9.95. The Morgan fingerprint density at radius 3 is 2.50 bits per heavy atom. The van der Waals surface area contributed by atoms with Gasteiger partial charge in [0.15, 0.2) is 0 Å². The molecule has 1 aliphatic carbocycles. The molecule has 4 nitrogen and oxygen atoms in total. The van der Waals surface area contributed by atoms with E-state index in [1.54, 1.807) is 18.3 Å². The van der Waals surface area contributed by atoms with Crippen LogP contribution in [0.4, 0.5) is 11.5 Å². The zero-order valence-electron chi connectivity index (χ0n) is 13.6. The first-order valence-electron chi connectivity index (χ1n) is 8.46. The summed E-state index contributed by atoms with van der Waals surface area (Å²) in [7, 11) is 0. The van der Waals surface area contributed by atoms with Crippen molar-refractivity contribution in [3.05, 3.63) is 53.2 Å². The molecule has 126 valence electrons. The molecular formula is C19H22ClN3O. The fourth-order valence-electron chi connectivity index (χ4n) is 3.01. The number of aromatic nitrogens is 1. The number of nitrogens with zero attached hydrogens (tertiary/aromatic N) is 1. The average Bonchev–Trinajstić information content (AvgIpc) is 2.60. The molecule has 1 heterocycles. The zero-order chi connectivity index (χ0) is 16.8. The lowest BCUT2D eigenvalue weighted by Crippen LogP contribution is -2.22. The number of hydrogen-bond acceptors (Lipinski definition) is 3. The van der Waals surface area contributed by atoms with Crippen molar-refractivity contribution in [2.45, 2.75) is 44.6 Å². The number of carbonyl (C=O) groups excluding carboxylic acids is 1. The summed E-state index contributed by atoms with van der Waals surface area (Å²) in [6, 6.07) is 11.6. The Hall–Kier alpha value is -2.07. The number of anilines is 2. The second-order valence-electron chi connectivity index (χ2n) is 6.26. The van der Waals surface area contributed by atoms with Crippen LogP contribution in [-0.4, -0.2) is 16.9 Å². The molecule has 1 aromatic carbocycles. The van der Waals surface area contributed by atoms with Gasteiger partial charge in [0.05, 0.1) is 18.3 Å². The van der Waals surface area contributed by atoms with Crippen LogP contribution in [0.15, 0.2) is 42.6 Å². The first-order valence-corrected chi connectivity index (χ1v) is 8.84. The molecule has 0 aliphatic heterocycles. The van der Waals surface area contributed by atoms with Crippen molar-refractivity contribution < 1.29 is 4.79 Å². The van der Waals surface area contributed by atoms with Gasteiger partial charge in [-0.2, -0.15) is 0 Å². The highest BCUT2D eigenvalue weighted by Gasteiger charge is 2.13. The lowest BCUT2D eigenvalue weighted by Gasteiger charge is -2.23. The van der Waals surface area contributed by atoms with Gasteiger partial charge in [0.1, 0.15) is 5.82 Å². The van der Waals surface area contributed by atoms with Crippen molar-refractivity contribution in [2.75, 3.05) is 10.6 Å².